The number of rotatable bonds is 10. The van der Waals surface area contributed by atoms with Gasteiger partial charge in [-0.25, -0.2) is 0 Å². The largest absolute Gasteiger partial charge is 0.426 e. The highest BCUT2D eigenvalue weighted by atomic mass is 16.5. The van der Waals surface area contributed by atoms with Gasteiger partial charge >= 0.3 is 11.9 Å². The second-order valence-electron chi connectivity index (χ2n) is 6.47. The van der Waals surface area contributed by atoms with Gasteiger partial charge in [-0.2, -0.15) is 0 Å². The number of esters is 2. The van der Waals surface area contributed by atoms with Crippen molar-refractivity contribution in [1.82, 2.24) is 0 Å². The summed E-state index contributed by atoms with van der Waals surface area (Å²) in [4.78, 5) is 23.4. The Balaban J connectivity index is 2.61. The molecule has 156 valence electrons. The van der Waals surface area contributed by atoms with Crippen LogP contribution in [0.4, 0.5) is 0 Å². The lowest BCUT2D eigenvalue weighted by Gasteiger charge is -2.21. The van der Waals surface area contributed by atoms with Crippen LogP contribution in [-0.4, -0.2) is 38.9 Å². The predicted molar refractivity (Wildman–Crippen MR) is 110 cm³/mol. The van der Waals surface area contributed by atoms with E-state index in [-0.39, 0.29) is 0 Å². The van der Waals surface area contributed by atoms with Crippen molar-refractivity contribution < 1.29 is 28.5 Å². The van der Waals surface area contributed by atoms with Gasteiger partial charge in [0.15, 0.2) is 0 Å². The third kappa shape index (κ3) is 6.41. The van der Waals surface area contributed by atoms with Crippen LogP contribution in [0.25, 0.3) is 11.1 Å². The lowest BCUT2D eigenvalue weighted by Crippen LogP contribution is -2.12. The molecule has 6 nitrogen and oxygen atoms in total. The van der Waals surface area contributed by atoms with Gasteiger partial charge in [0.1, 0.15) is 11.5 Å². The van der Waals surface area contributed by atoms with E-state index in [1.807, 2.05) is 37.3 Å². The van der Waals surface area contributed by atoms with E-state index in [0.717, 1.165) is 22.3 Å². The van der Waals surface area contributed by atoms with Crippen molar-refractivity contribution in [3.05, 3.63) is 47.5 Å². The van der Waals surface area contributed by atoms with Crippen LogP contribution in [0, 0.1) is 0 Å². The van der Waals surface area contributed by atoms with Gasteiger partial charge < -0.3 is 18.9 Å². The zero-order chi connectivity index (χ0) is 21.2. The van der Waals surface area contributed by atoms with Gasteiger partial charge in [-0.1, -0.05) is 37.3 Å². The molecular weight excluding hydrogens is 372 g/mol. The van der Waals surface area contributed by atoms with Crippen molar-refractivity contribution in [1.29, 1.82) is 0 Å². The zero-order valence-electron chi connectivity index (χ0n) is 17.4. The molecule has 0 aliphatic rings. The molecule has 2 rings (SSSR count). The number of benzene rings is 2. The first-order valence-corrected chi connectivity index (χ1v) is 9.65. The third-order valence-corrected chi connectivity index (χ3v) is 4.32. The maximum absolute atomic E-state index is 11.8. The minimum atomic E-state index is -0.442. The normalized spacial score (nSPS) is 10.6. The fourth-order valence-corrected chi connectivity index (χ4v) is 3.21. The third-order valence-electron chi connectivity index (χ3n) is 4.32. The molecule has 0 N–H and O–H groups in total. The Labute approximate surface area is 171 Å². The van der Waals surface area contributed by atoms with Crippen LogP contribution in [0.3, 0.4) is 0 Å². The molecule has 29 heavy (non-hydrogen) atoms. The highest BCUT2D eigenvalue weighted by molar-refractivity contribution is 5.82. The summed E-state index contributed by atoms with van der Waals surface area (Å²) in [5.74, 6) is -0.0995. The van der Waals surface area contributed by atoms with Gasteiger partial charge in [0.2, 0.25) is 0 Å². The van der Waals surface area contributed by atoms with Crippen LogP contribution in [0.5, 0.6) is 11.5 Å². The molecule has 0 aliphatic heterocycles. The molecule has 0 aliphatic carbocycles. The maximum atomic E-state index is 11.8. The first-order valence-electron chi connectivity index (χ1n) is 9.65. The van der Waals surface area contributed by atoms with E-state index >= 15 is 0 Å². The van der Waals surface area contributed by atoms with Gasteiger partial charge in [-0.05, 0) is 29.5 Å². The molecule has 6 heteroatoms. The Morgan fingerprint density at radius 3 is 2.10 bits per heavy atom. The molecule has 0 bridgehead atoms. The molecular formula is C23H28O6. The van der Waals surface area contributed by atoms with Gasteiger partial charge in [-0.15, -0.1) is 0 Å². The molecule has 0 fully saturated rings. The number of carbonyl (C=O) groups excluding carboxylic acids is 2. The lowest BCUT2D eigenvalue weighted by molar-refractivity contribution is -0.132. The Hall–Kier alpha value is -2.70. The number of carbonyl (C=O) groups is 2. The average Bonchev–Trinajstić information content (AvgIpc) is 2.67. The van der Waals surface area contributed by atoms with Crippen molar-refractivity contribution in [2.45, 2.75) is 33.6 Å². The molecule has 2 aromatic rings. The molecule has 0 saturated heterocycles. The monoisotopic (exact) mass is 400 g/mol. The molecule has 0 unspecified atom stereocenters. The van der Waals surface area contributed by atoms with E-state index in [4.69, 9.17) is 18.9 Å². The minimum absolute atomic E-state index is 0.365. The highest BCUT2D eigenvalue weighted by Gasteiger charge is 2.22. The Kier molecular flexibility index (Phi) is 8.83. The molecule has 0 atom stereocenters. The Bertz CT molecular complexity index is 829. The van der Waals surface area contributed by atoms with E-state index < -0.39 is 11.9 Å². The fraction of sp³-hybridized carbons (Fsp3) is 0.391. The summed E-state index contributed by atoms with van der Waals surface area (Å²) in [5, 5.41) is 0. The van der Waals surface area contributed by atoms with Crippen molar-refractivity contribution in [3.8, 4) is 22.6 Å². The molecule has 0 amide bonds. The summed E-state index contributed by atoms with van der Waals surface area (Å²) in [6, 6.07) is 11.3. The van der Waals surface area contributed by atoms with E-state index in [1.54, 1.807) is 13.2 Å². The number of ether oxygens (including phenoxy) is 4. The summed E-state index contributed by atoms with van der Waals surface area (Å²) >= 11 is 0. The molecule has 2 aromatic carbocycles. The predicted octanol–water partition coefficient (Wildman–Crippen LogP) is 3.97. The Morgan fingerprint density at radius 1 is 0.862 bits per heavy atom. The van der Waals surface area contributed by atoms with Gasteiger partial charge in [0, 0.05) is 32.6 Å². The van der Waals surface area contributed by atoms with Crippen LogP contribution in [0.15, 0.2) is 36.4 Å². The van der Waals surface area contributed by atoms with E-state index in [9.17, 15) is 9.59 Å². The fourth-order valence-electron chi connectivity index (χ4n) is 3.21. The summed E-state index contributed by atoms with van der Waals surface area (Å²) < 4.78 is 21.6. The van der Waals surface area contributed by atoms with Crippen LogP contribution in [-0.2, 0) is 31.9 Å². The van der Waals surface area contributed by atoms with Crippen LogP contribution < -0.4 is 9.47 Å². The molecule has 0 radical (unpaired) electrons. The molecule has 0 aromatic heterocycles. The van der Waals surface area contributed by atoms with Gasteiger partial charge in [0.25, 0.3) is 0 Å². The number of hydrogen-bond acceptors (Lipinski definition) is 6. The quantitative estimate of drug-likeness (QED) is 0.341. The van der Waals surface area contributed by atoms with E-state index in [2.05, 4.69) is 0 Å². The Morgan fingerprint density at radius 2 is 1.52 bits per heavy atom. The SMILES string of the molecule is CCc1c(OC(C)=O)cc(OC(C)=O)c(-c2ccccc2)c1CCOCCOC. The first kappa shape index (κ1) is 22.6. The minimum Gasteiger partial charge on any atom is -0.426 e. The lowest BCUT2D eigenvalue weighted by atomic mass is 9.90. The summed E-state index contributed by atoms with van der Waals surface area (Å²) in [7, 11) is 1.63. The van der Waals surface area contributed by atoms with Crippen LogP contribution >= 0.6 is 0 Å². The van der Waals surface area contributed by atoms with E-state index in [1.165, 1.54) is 13.8 Å². The molecule has 0 spiro atoms. The maximum Gasteiger partial charge on any atom is 0.308 e. The van der Waals surface area contributed by atoms with Crippen molar-refractivity contribution in [3.63, 3.8) is 0 Å². The van der Waals surface area contributed by atoms with Gasteiger partial charge in [0.05, 0.1) is 19.8 Å². The second-order valence-corrected chi connectivity index (χ2v) is 6.47. The summed E-state index contributed by atoms with van der Waals surface area (Å²) in [6.07, 6.45) is 1.22. The molecule has 0 saturated carbocycles. The van der Waals surface area contributed by atoms with E-state index in [0.29, 0.717) is 44.2 Å². The standard InChI is InChI=1S/C23H28O6/c1-5-19-20(11-12-27-14-13-26-4)23(18-9-7-6-8-10-18)22(29-17(3)25)15-21(19)28-16(2)24/h6-10,15H,5,11-14H2,1-4H3. The highest BCUT2D eigenvalue weighted by Crippen LogP contribution is 2.41. The topological polar surface area (TPSA) is 71.1 Å². The smallest absolute Gasteiger partial charge is 0.308 e. The first-order chi connectivity index (χ1) is 14.0. The van der Waals surface area contributed by atoms with Crippen molar-refractivity contribution in [2.75, 3.05) is 26.9 Å². The van der Waals surface area contributed by atoms with Crippen molar-refractivity contribution >= 4 is 11.9 Å². The summed E-state index contributed by atoms with van der Waals surface area (Å²) in [5.41, 5.74) is 3.56. The number of methoxy groups -OCH3 is 1. The number of hydrogen-bond donors (Lipinski definition) is 0. The molecule has 0 heterocycles. The zero-order valence-corrected chi connectivity index (χ0v) is 17.4. The second kappa shape index (κ2) is 11.3. The van der Waals surface area contributed by atoms with Crippen LogP contribution in [0.2, 0.25) is 0 Å². The average molecular weight is 400 g/mol. The summed E-state index contributed by atoms with van der Waals surface area (Å²) in [6.45, 7) is 6.15. The van der Waals surface area contributed by atoms with Crippen LogP contribution in [0.1, 0.15) is 31.9 Å². The van der Waals surface area contributed by atoms with Gasteiger partial charge in [-0.3, -0.25) is 9.59 Å². The van der Waals surface area contributed by atoms with Crippen molar-refractivity contribution in [2.24, 2.45) is 0 Å².